The summed E-state index contributed by atoms with van der Waals surface area (Å²) in [5.41, 5.74) is -9.28. The largest absolute Gasteiger partial charge is 0.601 e. The molecule has 0 saturated heterocycles. The van der Waals surface area contributed by atoms with E-state index < -0.39 is 81.1 Å². The molecule has 0 bridgehead atoms. The number of hydrogen-bond acceptors (Lipinski definition) is 3. The van der Waals surface area contributed by atoms with Gasteiger partial charge in [-0.2, -0.15) is 83.4 Å². The Balaban J connectivity index is 7.78. The smallest absolute Gasteiger partial charge is 0.280 e. The van der Waals surface area contributed by atoms with E-state index in [0.29, 0.717) is 0 Å². The molecule has 0 amide bonds. The van der Waals surface area contributed by atoms with E-state index in [2.05, 4.69) is 0 Å². The van der Waals surface area contributed by atoms with Gasteiger partial charge >= 0.3 is 81.1 Å². The first-order valence-electron chi connectivity index (χ1n) is 8.77. The molecule has 0 saturated carbocycles. The highest BCUT2D eigenvalue weighted by atomic mass is 28.4. The second-order valence-corrected chi connectivity index (χ2v) is 9.65. The summed E-state index contributed by atoms with van der Waals surface area (Å²) in [6.07, 6.45) is -31.5. The van der Waals surface area contributed by atoms with Crippen LogP contribution in [0.1, 0.15) is 0 Å². The van der Waals surface area contributed by atoms with Crippen LogP contribution in [0.5, 0.6) is 0 Å². The first-order valence-corrected chi connectivity index (χ1v) is 10.5. The van der Waals surface area contributed by atoms with Crippen molar-refractivity contribution >= 4 is 8.80 Å². The molecule has 0 fully saturated rings. The second kappa shape index (κ2) is 10.6. The van der Waals surface area contributed by atoms with Gasteiger partial charge in [-0.25, -0.2) is 0 Å². The lowest BCUT2D eigenvalue weighted by atomic mass is 9.89. The summed E-state index contributed by atoms with van der Waals surface area (Å²) in [5.74, 6) is -66.5. The Morgan fingerprint density at radius 1 is 0.250 bits per heavy atom. The molecule has 0 aliphatic heterocycles. The minimum atomic E-state index is -10.6. The quantitative estimate of drug-likeness (QED) is 0.156. The maximum atomic E-state index is 14.2. The SMILES string of the molecule is FC(F)(F)O[Si](OC(F)(F)F)(OC(F)(F)F)C(F)(F)C(F)(F)C(F)(F)C(F)(F)C(F)(F)C(F)(F)C(F)(F)C(F)(F)C(F)(F)F. The molecule has 0 aromatic heterocycles. The molecule has 0 radical (unpaired) electrons. The number of halogens is 28. The van der Waals surface area contributed by atoms with Gasteiger partial charge in [0.1, 0.15) is 0 Å². The Kier molecular flexibility index (Phi) is 10.1. The van der Waals surface area contributed by atoms with E-state index in [1.165, 1.54) is 13.3 Å². The Labute approximate surface area is 218 Å². The first kappa shape index (κ1) is 42.1. The fourth-order valence-corrected chi connectivity index (χ4v) is 4.23. The van der Waals surface area contributed by atoms with Crippen LogP contribution < -0.4 is 0 Å². The molecule has 266 valence electrons. The van der Waals surface area contributed by atoms with E-state index in [-0.39, 0.29) is 0 Å². The molecule has 0 aliphatic rings. The maximum absolute atomic E-state index is 14.2. The van der Waals surface area contributed by atoms with Gasteiger partial charge in [-0.05, 0) is 0 Å². The summed E-state index contributed by atoms with van der Waals surface area (Å²) < 4.78 is 368. The van der Waals surface area contributed by atoms with Crippen molar-refractivity contribution in [3.8, 4) is 0 Å². The standard InChI is InChI=1S/C12F28O3Si/c13-1(14,2(15,16)4(19,20)6(23,24)8(27,28)29)3(17,18)5(21,22)7(25,26)9(30,31)44(41-10(32,33)34,42-11(35,36)37)43-12(38,39)40. The van der Waals surface area contributed by atoms with Crippen molar-refractivity contribution in [1.29, 1.82) is 0 Å². The lowest BCUT2D eigenvalue weighted by molar-refractivity contribution is -0.469. The summed E-state index contributed by atoms with van der Waals surface area (Å²) in [4.78, 5) is 0. The minimum Gasteiger partial charge on any atom is -0.280 e. The molecule has 0 aliphatic carbocycles. The lowest BCUT2D eigenvalue weighted by Crippen LogP contribution is -2.80. The molecular formula is C12F28O3Si. The van der Waals surface area contributed by atoms with Crippen molar-refractivity contribution in [2.75, 3.05) is 0 Å². The molecule has 0 rings (SSSR count). The van der Waals surface area contributed by atoms with Crippen LogP contribution in [-0.4, -0.2) is 81.1 Å². The Bertz CT molecular complexity index is 972. The third-order valence-corrected chi connectivity index (χ3v) is 6.83. The molecule has 0 atom stereocenters. The lowest BCUT2D eigenvalue weighted by Gasteiger charge is -2.45. The average Bonchev–Trinajstić information content (AvgIpc) is 2.67. The third-order valence-electron chi connectivity index (χ3n) is 4.25. The van der Waals surface area contributed by atoms with Crippen LogP contribution in [0.2, 0.25) is 0 Å². The molecule has 0 heterocycles. The van der Waals surface area contributed by atoms with E-state index in [9.17, 15) is 123 Å². The van der Waals surface area contributed by atoms with Crippen molar-refractivity contribution < 1.29 is 136 Å². The van der Waals surface area contributed by atoms with E-state index in [4.69, 9.17) is 0 Å². The highest BCUT2D eigenvalue weighted by molar-refractivity contribution is 6.64. The van der Waals surface area contributed by atoms with Crippen LogP contribution in [-0.2, 0) is 13.3 Å². The normalized spacial score (nSPS) is 16.9. The second-order valence-electron chi connectivity index (χ2n) is 7.29. The Morgan fingerprint density at radius 3 is 0.614 bits per heavy atom. The van der Waals surface area contributed by atoms with Crippen LogP contribution in [0.4, 0.5) is 123 Å². The fourth-order valence-electron chi connectivity index (χ4n) is 2.27. The molecule has 0 spiro atoms. The summed E-state index contributed by atoms with van der Waals surface area (Å²) in [6, 6.07) is 0. The Morgan fingerprint density at radius 2 is 0.432 bits per heavy atom. The van der Waals surface area contributed by atoms with Gasteiger partial charge in [0.05, 0.1) is 0 Å². The van der Waals surface area contributed by atoms with Crippen LogP contribution in [0, 0.1) is 0 Å². The molecule has 0 aromatic rings. The van der Waals surface area contributed by atoms with Crippen molar-refractivity contribution in [2.24, 2.45) is 0 Å². The fraction of sp³-hybridized carbons (Fsp3) is 1.00. The van der Waals surface area contributed by atoms with Gasteiger partial charge in [0.2, 0.25) is 0 Å². The van der Waals surface area contributed by atoms with Gasteiger partial charge in [0, 0.05) is 0 Å². The predicted molar refractivity (Wildman–Crippen MR) is 72.8 cm³/mol. The topological polar surface area (TPSA) is 27.7 Å². The van der Waals surface area contributed by atoms with Crippen molar-refractivity contribution in [3.63, 3.8) is 0 Å². The maximum Gasteiger partial charge on any atom is 0.601 e. The van der Waals surface area contributed by atoms with E-state index in [0.717, 1.165) is 0 Å². The first-order chi connectivity index (χ1) is 18.4. The van der Waals surface area contributed by atoms with Gasteiger partial charge in [0.25, 0.3) is 0 Å². The van der Waals surface area contributed by atoms with Crippen molar-refractivity contribution in [3.05, 3.63) is 0 Å². The molecule has 0 unspecified atom stereocenters. The van der Waals surface area contributed by atoms with Gasteiger partial charge in [-0.15, -0.1) is 39.5 Å². The van der Waals surface area contributed by atoms with Gasteiger partial charge in [-0.1, -0.05) is 0 Å². The zero-order valence-electron chi connectivity index (χ0n) is 18.3. The molecular weight excluding hydrogens is 752 g/mol. The van der Waals surface area contributed by atoms with E-state index in [1.807, 2.05) is 0 Å². The zero-order valence-corrected chi connectivity index (χ0v) is 19.3. The molecule has 0 aromatic carbocycles. The van der Waals surface area contributed by atoms with Crippen LogP contribution in [0.15, 0.2) is 0 Å². The summed E-state index contributed by atoms with van der Waals surface area (Å²) >= 11 is 0. The third kappa shape index (κ3) is 6.52. The molecule has 3 nitrogen and oxygen atoms in total. The van der Waals surface area contributed by atoms with Crippen molar-refractivity contribution in [1.82, 2.24) is 0 Å². The molecule has 0 N–H and O–H groups in total. The number of rotatable bonds is 11. The predicted octanol–water partition coefficient (Wildman–Crippen LogP) is 8.72. The molecule has 44 heavy (non-hydrogen) atoms. The van der Waals surface area contributed by atoms with E-state index >= 15 is 0 Å². The summed E-state index contributed by atoms with van der Waals surface area (Å²) in [7, 11) is -10.6. The van der Waals surface area contributed by atoms with Gasteiger partial charge in [-0.3, -0.25) is 13.3 Å². The molecule has 32 heteroatoms. The average molecular weight is 752 g/mol. The van der Waals surface area contributed by atoms with Crippen LogP contribution >= 0.6 is 0 Å². The van der Waals surface area contributed by atoms with Gasteiger partial charge in [0.15, 0.2) is 0 Å². The summed E-state index contributed by atoms with van der Waals surface area (Å²) in [5, 5.41) is 0. The Hall–Kier alpha value is -1.86. The van der Waals surface area contributed by atoms with Gasteiger partial charge < -0.3 is 0 Å². The number of hydrogen-bond donors (Lipinski definition) is 0. The summed E-state index contributed by atoms with van der Waals surface area (Å²) in [6.45, 7) is 0. The number of alkyl halides is 28. The highest BCUT2D eigenvalue weighted by Gasteiger charge is 2.99. The van der Waals surface area contributed by atoms with Crippen LogP contribution in [0.25, 0.3) is 0 Å². The van der Waals surface area contributed by atoms with Crippen molar-refractivity contribution in [2.45, 2.75) is 72.3 Å². The van der Waals surface area contributed by atoms with Crippen LogP contribution in [0.3, 0.4) is 0 Å². The monoisotopic (exact) mass is 752 g/mol. The zero-order chi connectivity index (χ0) is 36.6. The minimum absolute atomic E-state index is 1.29. The van der Waals surface area contributed by atoms with E-state index in [1.54, 1.807) is 0 Å². The highest BCUT2D eigenvalue weighted by Crippen LogP contribution is 2.66.